The van der Waals surface area contributed by atoms with Crippen LogP contribution in [0.2, 0.25) is 0 Å². The molecular formula is C24H19F3N4O4S. The van der Waals surface area contributed by atoms with Gasteiger partial charge in [0.25, 0.3) is 11.5 Å². The maximum Gasteiger partial charge on any atom is 0.416 e. The van der Waals surface area contributed by atoms with Crippen LogP contribution in [0.1, 0.15) is 27.2 Å². The van der Waals surface area contributed by atoms with E-state index < -0.39 is 33.0 Å². The van der Waals surface area contributed by atoms with Crippen molar-refractivity contribution in [3.63, 3.8) is 0 Å². The van der Waals surface area contributed by atoms with Gasteiger partial charge in [0.2, 0.25) is 15.0 Å². The monoisotopic (exact) mass is 516 g/mol. The van der Waals surface area contributed by atoms with Crippen LogP contribution in [-0.2, 0) is 22.6 Å². The smallest absolute Gasteiger partial charge is 0.348 e. The van der Waals surface area contributed by atoms with Crippen LogP contribution < -0.4 is 10.9 Å². The van der Waals surface area contributed by atoms with Crippen LogP contribution in [0.3, 0.4) is 0 Å². The lowest BCUT2D eigenvalue weighted by atomic mass is 10.1. The Hall–Kier alpha value is -4.19. The fraction of sp³-hybridized carbons (Fsp3) is 0.125. The molecule has 0 aliphatic heterocycles. The van der Waals surface area contributed by atoms with Crippen molar-refractivity contribution in [2.75, 3.05) is 0 Å². The van der Waals surface area contributed by atoms with E-state index in [1.807, 2.05) is 0 Å². The van der Waals surface area contributed by atoms with Crippen molar-refractivity contribution in [2.24, 2.45) is 0 Å². The number of aromatic amines is 1. The first kappa shape index (κ1) is 24.9. The molecule has 0 saturated carbocycles. The number of amides is 1. The molecular weight excluding hydrogens is 497 g/mol. The molecule has 1 amide bonds. The van der Waals surface area contributed by atoms with E-state index in [-0.39, 0.29) is 33.4 Å². The van der Waals surface area contributed by atoms with Crippen molar-refractivity contribution < 1.29 is 26.4 Å². The highest BCUT2D eigenvalue weighted by Gasteiger charge is 2.31. The standard InChI is InChI=1S/C24H19F3N4O4S/c1-15-9-10-19(22(33)31(15)18-7-4-6-17(13-18)24(25,26)27)21(32)30-14-16-5-2-3-8-20(16)36(34,35)23-28-11-12-29-23/h2-13H,14H2,1H3,(H,28,29)(H,30,32). The maximum absolute atomic E-state index is 13.2. The molecule has 0 aliphatic carbocycles. The number of imidazole rings is 1. The topological polar surface area (TPSA) is 114 Å². The highest BCUT2D eigenvalue weighted by Crippen LogP contribution is 2.30. The summed E-state index contributed by atoms with van der Waals surface area (Å²) in [6.07, 6.45) is -1.94. The van der Waals surface area contributed by atoms with Crippen LogP contribution >= 0.6 is 0 Å². The van der Waals surface area contributed by atoms with Gasteiger partial charge in [-0.25, -0.2) is 13.4 Å². The minimum absolute atomic E-state index is 0.0446. The molecule has 4 rings (SSSR count). The van der Waals surface area contributed by atoms with Crippen LogP contribution in [-0.4, -0.2) is 28.9 Å². The number of aryl methyl sites for hydroxylation is 1. The lowest BCUT2D eigenvalue weighted by Crippen LogP contribution is -2.33. The van der Waals surface area contributed by atoms with Gasteiger partial charge < -0.3 is 10.3 Å². The fourth-order valence-electron chi connectivity index (χ4n) is 3.63. The van der Waals surface area contributed by atoms with Crippen LogP contribution in [0.5, 0.6) is 0 Å². The first-order valence-electron chi connectivity index (χ1n) is 10.5. The molecule has 0 bridgehead atoms. The zero-order valence-corrected chi connectivity index (χ0v) is 19.5. The van der Waals surface area contributed by atoms with Crippen LogP contribution in [0.15, 0.2) is 87.9 Å². The summed E-state index contributed by atoms with van der Waals surface area (Å²) in [7, 11) is -3.99. The third-order valence-corrected chi connectivity index (χ3v) is 7.09. The van der Waals surface area contributed by atoms with Crippen molar-refractivity contribution >= 4 is 15.7 Å². The Morgan fingerprint density at radius 3 is 2.53 bits per heavy atom. The number of rotatable bonds is 6. The molecule has 0 saturated heterocycles. The number of sulfone groups is 1. The summed E-state index contributed by atoms with van der Waals surface area (Å²) in [5, 5.41) is 2.26. The largest absolute Gasteiger partial charge is 0.416 e. The van der Waals surface area contributed by atoms with Crippen molar-refractivity contribution in [1.82, 2.24) is 19.9 Å². The third kappa shape index (κ3) is 4.80. The molecule has 36 heavy (non-hydrogen) atoms. The lowest BCUT2D eigenvalue weighted by Gasteiger charge is -2.15. The summed E-state index contributed by atoms with van der Waals surface area (Å²) in [6, 6.07) is 12.9. The molecule has 0 aliphatic rings. The van der Waals surface area contributed by atoms with Gasteiger partial charge in [-0.2, -0.15) is 13.2 Å². The SMILES string of the molecule is Cc1ccc(C(=O)NCc2ccccc2S(=O)(=O)c2ncc[nH]2)c(=O)n1-c1cccc(C(F)(F)F)c1. The number of H-pyrrole nitrogens is 1. The van der Waals surface area contributed by atoms with Gasteiger partial charge in [0.15, 0.2) is 0 Å². The van der Waals surface area contributed by atoms with Gasteiger partial charge in [-0.05, 0) is 48.9 Å². The van der Waals surface area contributed by atoms with Gasteiger partial charge in [-0.3, -0.25) is 14.2 Å². The first-order valence-corrected chi connectivity index (χ1v) is 12.0. The number of hydrogen-bond acceptors (Lipinski definition) is 5. The molecule has 2 heterocycles. The molecule has 0 spiro atoms. The van der Waals surface area contributed by atoms with Crippen molar-refractivity contribution in [3.05, 3.63) is 106 Å². The summed E-state index contributed by atoms with van der Waals surface area (Å²) < 4.78 is 66.3. The average molecular weight is 517 g/mol. The fourth-order valence-corrected chi connectivity index (χ4v) is 5.00. The van der Waals surface area contributed by atoms with Crippen molar-refractivity contribution in [2.45, 2.75) is 29.7 Å². The number of nitrogens with one attached hydrogen (secondary N) is 2. The number of halogens is 3. The Morgan fingerprint density at radius 1 is 1.08 bits per heavy atom. The van der Waals surface area contributed by atoms with E-state index in [9.17, 15) is 31.2 Å². The molecule has 8 nitrogen and oxygen atoms in total. The van der Waals surface area contributed by atoms with Gasteiger partial charge in [-0.1, -0.05) is 24.3 Å². The van der Waals surface area contributed by atoms with E-state index in [0.717, 1.165) is 16.7 Å². The second-order valence-electron chi connectivity index (χ2n) is 7.77. The van der Waals surface area contributed by atoms with E-state index in [4.69, 9.17) is 0 Å². The molecule has 0 atom stereocenters. The van der Waals surface area contributed by atoms with Gasteiger partial charge in [0, 0.05) is 30.3 Å². The molecule has 0 radical (unpaired) electrons. The molecule has 2 aromatic heterocycles. The number of carbonyl (C=O) groups is 1. The Balaban J connectivity index is 1.64. The van der Waals surface area contributed by atoms with Gasteiger partial charge in [0.05, 0.1) is 10.5 Å². The van der Waals surface area contributed by atoms with Crippen LogP contribution in [0.4, 0.5) is 13.2 Å². The highest BCUT2D eigenvalue weighted by atomic mass is 32.2. The van der Waals surface area contributed by atoms with Gasteiger partial charge in [0.1, 0.15) is 5.56 Å². The van der Waals surface area contributed by atoms with E-state index in [2.05, 4.69) is 15.3 Å². The molecule has 2 N–H and O–H groups in total. The van der Waals surface area contributed by atoms with E-state index in [0.29, 0.717) is 5.69 Å². The summed E-state index contributed by atoms with van der Waals surface area (Å²) in [4.78, 5) is 32.2. The second-order valence-corrected chi connectivity index (χ2v) is 9.60. The highest BCUT2D eigenvalue weighted by molar-refractivity contribution is 7.91. The van der Waals surface area contributed by atoms with Gasteiger partial charge >= 0.3 is 6.18 Å². The minimum atomic E-state index is -4.61. The maximum atomic E-state index is 13.2. The van der Waals surface area contributed by atoms with Crippen molar-refractivity contribution in [1.29, 1.82) is 0 Å². The molecule has 0 unspecified atom stereocenters. The molecule has 186 valence electrons. The number of aromatic nitrogens is 3. The van der Waals surface area contributed by atoms with E-state index in [1.165, 1.54) is 61.8 Å². The lowest BCUT2D eigenvalue weighted by molar-refractivity contribution is -0.137. The number of nitrogens with zero attached hydrogens (tertiary/aromatic N) is 2. The Labute approximate surface area is 203 Å². The summed E-state index contributed by atoms with van der Waals surface area (Å²) in [5.74, 6) is -0.814. The molecule has 4 aromatic rings. The average Bonchev–Trinajstić information content (AvgIpc) is 3.39. The first-order chi connectivity index (χ1) is 17.0. The number of carbonyl (C=O) groups excluding carboxylic acids is 1. The van der Waals surface area contributed by atoms with E-state index in [1.54, 1.807) is 6.07 Å². The number of hydrogen-bond donors (Lipinski definition) is 2. The summed E-state index contributed by atoms with van der Waals surface area (Å²) in [5.41, 5.74) is -1.53. The molecule has 2 aromatic carbocycles. The second kappa shape index (κ2) is 9.46. The van der Waals surface area contributed by atoms with Crippen LogP contribution in [0, 0.1) is 6.92 Å². The number of pyridine rings is 1. The Morgan fingerprint density at radius 2 is 1.83 bits per heavy atom. The Bertz CT molecular complexity index is 1590. The number of benzene rings is 2. The summed E-state index contributed by atoms with van der Waals surface area (Å²) in [6.45, 7) is 1.30. The molecule has 12 heteroatoms. The third-order valence-electron chi connectivity index (χ3n) is 5.38. The van der Waals surface area contributed by atoms with Crippen molar-refractivity contribution in [3.8, 4) is 5.69 Å². The van der Waals surface area contributed by atoms with Gasteiger partial charge in [-0.15, -0.1) is 0 Å². The predicted octanol–water partition coefficient (Wildman–Crippen LogP) is 3.65. The quantitative estimate of drug-likeness (QED) is 0.406. The predicted molar refractivity (Wildman–Crippen MR) is 123 cm³/mol. The zero-order valence-electron chi connectivity index (χ0n) is 18.7. The normalized spacial score (nSPS) is 11.9. The summed E-state index contributed by atoms with van der Waals surface area (Å²) >= 11 is 0. The zero-order chi connectivity index (χ0) is 26.1. The van der Waals surface area contributed by atoms with Crippen LogP contribution in [0.25, 0.3) is 5.69 Å². The minimum Gasteiger partial charge on any atom is -0.348 e. The Kier molecular flexibility index (Phi) is 6.55. The number of alkyl halides is 3. The van der Waals surface area contributed by atoms with E-state index >= 15 is 0 Å². The molecule has 0 fully saturated rings.